The number of hydrogen-bond donors (Lipinski definition) is 4. The Hall–Kier alpha value is -6.35. The quantitative estimate of drug-likeness (QED) is 0.106. The normalized spacial score (nSPS) is 15.7. The van der Waals surface area contributed by atoms with Crippen LogP contribution in [-0.4, -0.2) is 139 Å². The Morgan fingerprint density at radius 1 is 0.731 bits per heavy atom. The van der Waals surface area contributed by atoms with Gasteiger partial charge in [-0.05, 0) is 84.9 Å². The largest absolute Gasteiger partial charge is 0.479 e. The highest BCUT2D eigenvalue weighted by atomic mass is 19.4. The summed E-state index contributed by atoms with van der Waals surface area (Å²) in [5.74, 6) is -4.88. The smallest absolute Gasteiger partial charge is 0.416 e. The second kappa shape index (κ2) is 22.4. The molecule has 20 heteroatoms. The lowest BCUT2D eigenvalue weighted by Gasteiger charge is -2.37. The fourth-order valence-electron chi connectivity index (χ4n) is 7.90. The molecule has 4 N–H and O–H groups in total. The summed E-state index contributed by atoms with van der Waals surface area (Å²) in [5.41, 5.74) is 1.32. The van der Waals surface area contributed by atoms with Crippen LogP contribution in [0.25, 0.3) is 22.2 Å². The molecule has 0 aliphatic carbocycles. The van der Waals surface area contributed by atoms with Gasteiger partial charge in [0, 0.05) is 59.3 Å². The number of anilines is 1. The fraction of sp³-hybridized carbons (Fsp3) is 0.404. The minimum atomic E-state index is -4.42. The van der Waals surface area contributed by atoms with Gasteiger partial charge >= 0.3 is 18.1 Å². The number of fused-ring (bicyclic) bond motifs is 1. The number of aliphatic hydroxyl groups excluding tert-OH is 2. The zero-order valence-electron chi connectivity index (χ0n) is 36.7. The first-order valence-electron chi connectivity index (χ1n) is 21.7. The summed E-state index contributed by atoms with van der Waals surface area (Å²) in [7, 11) is 1.65. The van der Waals surface area contributed by atoms with Crippen LogP contribution in [0.3, 0.4) is 0 Å². The fourth-order valence-corrected chi connectivity index (χ4v) is 7.90. The van der Waals surface area contributed by atoms with Gasteiger partial charge < -0.3 is 39.7 Å². The number of carbonyl (C=O) groups is 3. The second-order valence-electron chi connectivity index (χ2n) is 16.5. The van der Waals surface area contributed by atoms with E-state index in [0.717, 1.165) is 81.7 Å². The van der Waals surface area contributed by atoms with E-state index in [2.05, 4.69) is 19.7 Å². The van der Waals surface area contributed by atoms with Gasteiger partial charge in [0.25, 0.3) is 5.56 Å². The summed E-state index contributed by atoms with van der Waals surface area (Å²) in [6, 6.07) is 19.6. The van der Waals surface area contributed by atoms with E-state index in [1.165, 1.54) is 48.4 Å². The van der Waals surface area contributed by atoms with E-state index in [1.807, 2.05) is 18.2 Å². The maximum absolute atomic E-state index is 14.7. The van der Waals surface area contributed by atoms with Crippen molar-refractivity contribution in [3.8, 4) is 11.1 Å². The molecular formula is C47H52F5N7O8. The SMILES string of the molecule is CN(Cc1ccc(-c2ccc(C(F)(F)F)cc2)cc1)C(=O)Cn1c(CCc2cccc(F)c2F)nc(=O)c2ccc(N3CCN(CCN4CCCCC4)CC3)nc21.O=C(O)C(O)C(O)C(=O)O. The van der Waals surface area contributed by atoms with Gasteiger partial charge in [0.2, 0.25) is 5.91 Å². The Balaban J connectivity index is 0.000000664. The number of benzene rings is 3. The Bertz CT molecular complexity index is 2550. The number of aliphatic carboxylic acids is 2. The third-order valence-electron chi connectivity index (χ3n) is 11.9. The number of aliphatic hydroxyl groups is 2. The number of nitrogens with zero attached hydrogens (tertiary/aromatic N) is 7. The molecule has 0 spiro atoms. The summed E-state index contributed by atoms with van der Waals surface area (Å²) < 4.78 is 69.5. The zero-order chi connectivity index (χ0) is 48.4. The zero-order valence-corrected chi connectivity index (χ0v) is 36.7. The van der Waals surface area contributed by atoms with Crippen LogP contribution >= 0.6 is 0 Å². The molecule has 0 saturated carbocycles. The van der Waals surface area contributed by atoms with Crippen LogP contribution in [0.15, 0.2) is 83.7 Å². The van der Waals surface area contributed by atoms with Crippen LogP contribution in [0.1, 0.15) is 41.8 Å². The van der Waals surface area contributed by atoms with Crippen molar-refractivity contribution < 1.29 is 56.8 Å². The summed E-state index contributed by atoms with van der Waals surface area (Å²) in [6.45, 7) is 7.65. The molecular weight excluding hydrogens is 886 g/mol. The molecule has 3 aromatic carbocycles. The molecule has 15 nitrogen and oxygen atoms in total. The number of piperazine rings is 1. The number of halogens is 5. The monoisotopic (exact) mass is 937 g/mol. The van der Waals surface area contributed by atoms with Gasteiger partial charge in [-0.1, -0.05) is 55.0 Å². The number of rotatable bonds is 15. The molecule has 1 amide bonds. The number of pyridine rings is 1. The number of likely N-dealkylation sites (tertiary alicyclic amines) is 1. The van der Waals surface area contributed by atoms with E-state index < -0.39 is 53.1 Å². The third-order valence-corrected chi connectivity index (χ3v) is 11.9. The van der Waals surface area contributed by atoms with E-state index in [0.29, 0.717) is 11.4 Å². The minimum Gasteiger partial charge on any atom is -0.479 e. The lowest BCUT2D eigenvalue weighted by atomic mass is 10.0. The first kappa shape index (κ1) is 50.1. The third kappa shape index (κ3) is 13.2. The van der Waals surface area contributed by atoms with Gasteiger partial charge in [-0.25, -0.2) is 23.4 Å². The van der Waals surface area contributed by atoms with E-state index in [4.69, 9.17) is 25.4 Å². The molecule has 2 atom stereocenters. The van der Waals surface area contributed by atoms with Crippen LogP contribution in [0.5, 0.6) is 0 Å². The van der Waals surface area contributed by atoms with Gasteiger partial charge in [-0.2, -0.15) is 18.2 Å². The lowest BCUT2D eigenvalue weighted by molar-refractivity contribution is -0.165. The van der Waals surface area contributed by atoms with Crippen molar-refractivity contribution >= 4 is 34.7 Å². The molecule has 2 aromatic heterocycles. The second-order valence-corrected chi connectivity index (χ2v) is 16.5. The molecule has 2 unspecified atom stereocenters. The lowest BCUT2D eigenvalue weighted by Crippen LogP contribution is -2.49. The Labute approximate surface area is 382 Å². The number of amides is 1. The van der Waals surface area contributed by atoms with Crippen molar-refractivity contribution in [1.82, 2.24) is 29.2 Å². The number of alkyl halides is 3. The number of carboxylic acid groups (broad SMARTS) is 2. The van der Waals surface area contributed by atoms with E-state index in [-0.39, 0.29) is 54.3 Å². The molecule has 2 saturated heterocycles. The predicted octanol–water partition coefficient (Wildman–Crippen LogP) is 4.68. The van der Waals surface area contributed by atoms with Crippen molar-refractivity contribution in [2.24, 2.45) is 0 Å². The molecule has 7 rings (SSSR count). The summed E-state index contributed by atoms with van der Waals surface area (Å²) in [6.07, 6.45) is -5.03. The average Bonchev–Trinajstić information content (AvgIpc) is 3.32. The molecule has 67 heavy (non-hydrogen) atoms. The van der Waals surface area contributed by atoms with Crippen molar-refractivity contribution in [3.05, 3.63) is 123 Å². The van der Waals surface area contributed by atoms with Gasteiger partial charge in [0.05, 0.1) is 10.9 Å². The number of carbonyl (C=O) groups excluding carboxylic acids is 1. The standard InChI is InChI=1S/C43H46F5N7O2.C4H6O6/c1-51(28-30-8-10-31(11-9-30)32-12-15-34(16-13-32)43(46,47)48)39(56)29-55-38(18-14-33-6-5-7-36(44)40(33)45)50-42(57)35-17-19-37(49-41(35)55)54-26-24-53(25-27-54)23-22-52-20-3-2-4-21-52;5-1(3(7)8)2(6)4(9)10/h5-13,15-17,19H,2-4,14,18,20-29H2,1H3;1-2,5-6H,(H,7,8)(H,9,10). The number of likely N-dealkylation sites (N-methyl/N-ethyl adjacent to an activating group) is 1. The van der Waals surface area contributed by atoms with E-state index >= 15 is 0 Å². The first-order valence-corrected chi connectivity index (χ1v) is 21.7. The van der Waals surface area contributed by atoms with Crippen molar-refractivity contribution in [3.63, 3.8) is 0 Å². The maximum atomic E-state index is 14.7. The first-order chi connectivity index (χ1) is 31.9. The number of carboxylic acids is 2. The van der Waals surface area contributed by atoms with E-state index in [9.17, 15) is 41.1 Å². The molecule has 5 aromatic rings. The highest BCUT2D eigenvalue weighted by molar-refractivity contribution is 5.83. The summed E-state index contributed by atoms with van der Waals surface area (Å²) >= 11 is 0. The Morgan fingerprint density at radius 2 is 1.31 bits per heavy atom. The molecule has 4 heterocycles. The predicted molar refractivity (Wildman–Crippen MR) is 237 cm³/mol. The van der Waals surface area contributed by atoms with Crippen LogP contribution in [0, 0.1) is 11.6 Å². The van der Waals surface area contributed by atoms with Gasteiger partial charge in [0.1, 0.15) is 23.8 Å². The van der Waals surface area contributed by atoms with Gasteiger partial charge in [-0.3, -0.25) is 14.5 Å². The number of aryl methyl sites for hydroxylation is 2. The summed E-state index contributed by atoms with van der Waals surface area (Å²) in [4.78, 5) is 64.9. The van der Waals surface area contributed by atoms with Crippen molar-refractivity contribution in [2.45, 2.75) is 63.6 Å². The minimum absolute atomic E-state index is 0.0376. The molecule has 358 valence electrons. The van der Waals surface area contributed by atoms with Gasteiger partial charge in [0.15, 0.2) is 23.8 Å². The molecule has 2 fully saturated rings. The van der Waals surface area contributed by atoms with Crippen LogP contribution in [-0.2, 0) is 46.5 Å². The highest BCUT2D eigenvalue weighted by Gasteiger charge is 2.31. The van der Waals surface area contributed by atoms with Crippen LogP contribution in [0.2, 0.25) is 0 Å². The Kier molecular flexibility index (Phi) is 16.8. The maximum Gasteiger partial charge on any atom is 0.416 e. The van der Waals surface area contributed by atoms with E-state index in [1.54, 1.807) is 29.8 Å². The highest BCUT2D eigenvalue weighted by Crippen LogP contribution is 2.31. The molecule has 2 aliphatic rings. The topological polar surface area (TPSA) is 193 Å². The van der Waals surface area contributed by atoms with Crippen molar-refractivity contribution in [2.75, 3.05) is 64.3 Å². The number of aromatic nitrogens is 3. The molecule has 0 bridgehead atoms. The average molecular weight is 938 g/mol. The summed E-state index contributed by atoms with van der Waals surface area (Å²) in [5, 5.41) is 32.8. The number of hydrogen-bond acceptors (Lipinski definition) is 11. The van der Waals surface area contributed by atoms with Gasteiger partial charge in [-0.15, -0.1) is 0 Å². The molecule has 2 aliphatic heterocycles. The van der Waals surface area contributed by atoms with Crippen molar-refractivity contribution in [1.29, 1.82) is 0 Å². The van der Waals surface area contributed by atoms with Crippen LogP contribution in [0.4, 0.5) is 27.8 Å². The number of piperidine rings is 1. The molecule has 0 radical (unpaired) electrons. The Morgan fingerprint density at radius 3 is 1.90 bits per heavy atom. The van der Waals surface area contributed by atoms with Crippen LogP contribution < -0.4 is 10.5 Å².